The number of aromatic hydroxyl groups is 16. The Kier molecular flexibility index (Phi) is 10.4. The van der Waals surface area contributed by atoms with Gasteiger partial charge in [-0.3, -0.25) is 0 Å². The Bertz CT molecular complexity index is 2850. The van der Waals surface area contributed by atoms with E-state index in [1.165, 1.54) is 0 Å². The van der Waals surface area contributed by atoms with Crippen LogP contribution in [0, 0.1) is 0 Å². The van der Waals surface area contributed by atoms with Crippen LogP contribution in [0.4, 0.5) is 0 Å². The summed E-state index contributed by atoms with van der Waals surface area (Å²) in [4.78, 5) is 0. The Hall–Kier alpha value is -9.66. The third-order valence-corrected chi connectivity index (χ3v) is 8.59. The summed E-state index contributed by atoms with van der Waals surface area (Å²) in [6.07, 6.45) is 0. The molecule has 0 aliphatic carbocycles. The van der Waals surface area contributed by atoms with Crippen molar-refractivity contribution < 1.29 is 105 Å². The first-order chi connectivity index (χ1) is 29.8. The van der Waals surface area contributed by atoms with Crippen LogP contribution in [0.1, 0.15) is 0 Å². The average molecular weight is 871 g/mol. The predicted molar refractivity (Wildman–Crippen MR) is 211 cm³/mol. The fourth-order valence-corrected chi connectivity index (χ4v) is 6.00. The molecule has 0 fully saturated rings. The lowest BCUT2D eigenvalue weighted by molar-refractivity contribution is 0.333. The van der Waals surface area contributed by atoms with Gasteiger partial charge >= 0.3 is 0 Å². The molecule has 0 bridgehead atoms. The van der Waals surface area contributed by atoms with Crippen molar-refractivity contribution in [2.45, 2.75) is 0 Å². The second-order valence-corrected chi connectivity index (χ2v) is 13.2. The highest BCUT2D eigenvalue weighted by Crippen LogP contribution is 2.57. The van der Waals surface area contributed by atoms with Gasteiger partial charge < -0.3 is 105 Å². The summed E-state index contributed by atoms with van der Waals surface area (Å²) in [5.74, 6) is -18.0. The maximum absolute atomic E-state index is 11.1. The SMILES string of the molecule is Oc1cc(O)cc(Oc2c(Oc3c(O)cc(Oc4c(O)cc(O)cc4O)cc3O)cc(O)cc2Oc2c(O)cc(Oc3c(O)cc(O)c(-c4c(O)cc(O)cc4O)c3O)cc2O)c1. The van der Waals surface area contributed by atoms with Gasteiger partial charge in [-0.25, -0.2) is 0 Å². The molecule has 7 rings (SSSR count). The number of phenols is 16. The molecule has 324 valence electrons. The molecule has 0 aliphatic rings. The molecule has 0 saturated carbocycles. The van der Waals surface area contributed by atoms with E-state index in [-0.39, 0.29) is 11.5 Å². The van der Waals surface area contributed by atoms with Gasteiger partial charge in [0.05, 0.1) is 11.1 Å². The largest absolute Gasteiger partial charge is 0.508 e. The average Bonchev–Trinajstić information content (AvgIpc) is 3.16. The zero-order valence-electron chi connectivity index (χ0n) is 31.3. The van der Waals surface area contributed by atoms with E-state index in [1.807, 2.05) is 0 Å². The Morgan fingerprint density at radius 2 is 0.524 bits per heavy atom. The van der Waals surface area contributed by atoms with E-state index in [0.29, 0.717) is 6.07 Å². The molecule has 0 aliphatic heterocycles. The predicted octanol–water partition coefficient (Wildman–Crippen LogP) is 7.60. The van der Waals surface area contributed by atoms with E-state index in [2.05, 4.69) is 0 Å². The summed E-state index contributed by atoms with van der Waals surface area (Å²) in [7, 11) is 0. The van der Waals surface area contributed by atoms with Gasteiger partial charge in [0.2, 0.25) is 28.7 Å². The second kappa shape index (κ2) is 15.8. The van der Waals surface area contributed by atoms with Gasteiger partial charge in [-0.05, 0) is 0 Å². The van der Waals surface area contributed by atoms with Crippen LogP contribution in [0.5, 0.6) is 149 Å². The molecule has 63 heavy (non-hydrogen) atoms. The molecule has 0 unspecified atom stereocenters. The lowest BCUT2D eigenvalue weighted by Crippen LogP contribution is -1.96. The maximum Gasteiger partial charge on any atom is 0.212 e. The van der Waals surface area contributed by atoms with Gasteiger partial charge in [-0.1, -0.05) is 0 Å². The van der Waals surface area contributed by atoms with Crippen molar-refractivity contribution in [3.8, 4) is 161 Å². The molecule has 7 aromatic rings. The van der Waals surface area contributed by atoms with Gasteiger partial charge in [0.25, 0.3) is 0 Å². The van der Waals surface area contributed by atoms with Crippen molar-refractivity contribution in [1.82, 2.24) is 0 Å². The molecule has 0 spiro atoms. The van der Waals surface area contributed by atoms with Crippen molar-refractivity contribution >= 4 is 0 Å². The molecule has 21 heteroatoms. The van der Waals surface area contributed by atoms with Crippen molar-refractivity contribution in [2.24, 2.45) is 0 Å². The smallest absolute Gasteiger partial charge is 0.212 e. The topological polar surface area (TPSA) is 370 Å². The molecule has 0 amide bonds. The molecular weight excluding hydrogens is 840 g/mol. The van der Waals surface area contributed by atoms with Gasteiger partial charge in [0.15, 0.2) is 57.5 Å². The summed E-state index contributed by atoms with van der Waals surface area (Å²) >= 11 is 0. The minimum atomic E-state index is -1.06. The summed E-state index contributed by atoms with van der Waals surface area (Å²) in [6, 6.07) is 12.0. The normalized spacial score (nSPS) is 10.9. The molecule has 0 saturated heterocycles. The summed E-state index contributed by atoms with van der Waals surface area (Å²) in [6.45, 7) is 0. The zero-order valence-corrected chi connectivity index (χ0v) is 31.3. The molecular formula is C42H30O21. The van der Waals surface area contributed by atoms with E-state index in [1.54, 1.807) is 0 Å². The van der Waals surface area contributed by atoms with Crippen LogP contribution in [0.15, 0.2) is 84.9 Å². The Morgan fingerprint density at radius 3 is 0.984 bits per heavy atom. The van der Waals surface area contributed by atoms with Crippen LogP contribution in [0.25, 0.3) is 11.1 Å². The van der Waals surface area contributed by atoms with Crippen LogP contribution >= 0.6 is 0 Å². The highest BCUT2D eigenvalue weighted by atomic mass is 16.6. The van der Waals surface area contributed by atoms with Crippen molar-refractivity contribution in [1.29, 1.82) is 0 Å². The molecule has 0 aromatic heterocycles. The molecule has 16 N–H and O–H groups in total. The van der Waals surface area contributed by atoms with Crippen LogP contribution in [-0.2, 0) is 0 Å². The quantitative estimate of drug-likeness (QED) is 0.0594. The third kappa shape index (κ3) is 8.31. The summed E-state index contributed by atoms with van der Waals surface area (Å²) in [5, 5.41) is 167. The number of hydrogen-bond acceptors (Lipinski definition) is 21. The van der Waals surface area contributed by atoms with Gasteiger partial charge in [0, 0.05) is 84.9 Å². The van der Waals surface area contributed by atoms with Crippen LogP contribution in [0.2, 0.25) is 0 Å². The minimum absolute atomic E-state index is 0.308. The number of hydrogen-bond donors (Lipinski definition) is 16. The Balaban J connectivity index is 1.25. The molecule has 21 nitrogen and oxygen atoms in total. The first kappa shape index (κ1) is 41.5. The van der Waals surface area contributed by atoms with E-state index in [9.17, 15) is 81.7 Å². The lowest BCUT2D eigenvalue weighted by atomic mass is 10.00. The van der Waals surface area contributed by atoms with Crippen molar-refractivity contribution in [3.63, 3.8) is 0 Å². The van der Waals surface area contributed by atoms with Gasteiger partial charge in [-0.2, -0.15) is 0 Å². The number of benzene rings is 7. The molecule has 0 atom stereocenters. The standard InChI is InChI=1S/C42H30O21/c43-15-1-16(44)3-20(2-15)61-42-33(62-39-28(53)10-21(11-29(39)54)59-38-26(51)6-18(46)7-27(38)52)8-19(47)9-34(42)63-40-30(55)12-22(13-31(40)56)60-41-32(57)14-25(50)36(37(41)58)35-23(48)4-17(45)5-24(35)49/h1-14,43-58H. The van der Waals surface area contributed by atoms with Gasteiger partial charge in [-0.15, -0.1) is 0 Å². The Labute approximate surface area is 350 Å². The number of phenolic OH excluding ortho intramolecular Hbond substituents is 16. The molecule has 0 heterocycles. The first-order valence-electron chi connectivity index (χ1n) is 17.5. The van der Waals surface area contributed by atoms with E-state index < -0.39 is 149 Å². The van der Waals surface area contributed by atoms with E-state index in [0.717, 1.165) is 78.9 Å². The molecule has 0 radical (unpaired) electrons. The van der Waals surface area contributed by atoms with E-state index in [4.69, 9.17) is 23.7 Å². The second-order valence-electron chi connectivity index (χ2n) is 13.2. The van der Waals surface area contributed by atoms with Crippen molar-refractivity contribution in [3.05, 3.63) is 84.9 Å². The van der Waals surface area contributed by atoms with Crippen LogP contribution in [0.3, 0.4) is 0 Å². The van der Waals surface area contributed by atoms with Gasteiger partial charge in [0.1, 0.15) is 63.2 Å². The Morgan fingerprint density at radius 1 is 0.222 bits per heavy atom. The monoisotopic (exact) mass is 870 g/mol. The lowest BCUT2D eigenvalue weighted by Gasteiger charge is -2.19. The highest BCUT2D eigenvalue weighted by molar-refractivity contribution is 5.88. The fourth-order valence-electron chi connectivity index (χ4n) is 6.00. The summed E-state index contributed by atoms with van der Waals surface area (Å²) < 4.78 is 28.2. The summed E-state index contributed by atoms with van der Waals surface area (Å²) in [5.41, 5.74) is -1.25. The number of ether oxygens (including phenoxy) is 5. The highest BCUT2D eigenvalue weighted by Gasteiger charge is 2.28. The van der Waals surface area contributed by atoms with Crippen LogP contribution in [-0.4, -0.2) is 81.7 Å². The van der Waals surface area contributed by atoms with Crippen LogP contribution < -0.4 is 23.7 Å². The molecule has 7 aromatic carbocycles. The number of rotatable bonds is 11. The zero-order chi connectivity index (χ0) is 45.6. The fraction of sp³-hybridized carbons (Fsp3) is 0. The van der Waals surface area contributed by atoms with Crippen molar-refractivity contribution in [2.75, 3.05) is 0 Å². The van der Waals surface area contributed by atoms with E-state index >= 15 is 0 Å². The maximum atomic E-state index is 11.1. The first-order valence-corrected chi connectivity index (χ1v) is 17.5. The third-order valence-electron chi connectivity index (χ3n) is 8.59. The minimum Gasteiger partial charge on any atom is -0.508 e.